The summed E-state index contributed by atoms with van der Waals surface area (Å²) in [4.78, 5) is 32.2. The number of methoxy groups -OCH3 is 1. The molecule has 0 radical (unpaired) electrons. The Kier molecular flexibility index (Phi) is 5.63. The minimum Gasteiger partial charge on any atom is -0.453 e. The summed E-state index contributed by atoms with van der Waals surface area (Å²) >= 11 is 1.57. The first-order valence-electron chi connectivity index (χ1n) is 8.13. The molecule has 0 spiro atoms. The maximum Gasteiger partial charge on any atom is 0.413 e. The number of benzene rings is 2. The number of nitrogens with zero attached hydrogens (tertiary/aromatic N) is 1. The highest BCUT2D eigenvalue weighted by atomic mass is 32.2. The van der Waals surface area contributed by atoms with Crippen molar-refractivity contribution < 1.29 is 14.3 Å². The number of anilines is 2. The van der Waals surface area contributed by atoms with Gasteiger partial charge < -0.3 is 20.8 Å². The molecule has 0 aliphatic rings. The highest BCUT2D eigenvalue weighted by Gasteiger charge is 2.09. The number of H-pyrrole nitrogens is 1. The first kappa shape index (κ1) is 18.7. The maximum absolute atomic E-state index is 11.6. The Morgan fingerprint density at radius 3 is 2.52 bits per heavy atom. The first-order valence-corrected chi connectivity index (χ1v) is 8.95. The van der Waals surface area contributed by atoms with E-state index in [9.17, 15) is 9.59 Å². The molecule has 5 N–H and O–H groups in total. The largest absolute Gasteiger partial charge is 0.453 e. The van der Waals surface area contributed by atoms with Crippen molar-refractivity contribution in [2.75, 3.05) is 17.7 Å². The number of hydrogen-bond donors (Lipinski definition) is 4. The monoisotopic (exact) mass is 385 g/mol. The normalized spacial score (nSPS) is 11.8. The minimum atomic E-state index is -0.583. The molecule has 27 heavy (non-hydrogen) atoms. The fourth-order valence-corrected chi connectivity index (χ4v) is 3.11. The Balaban J connectivity index is 1.70. The molecule has 0 bridgehead atoms. The smallest absolute Gasteiger partial charge is 0.413 e. The average Bonchev–Trinajstić information content (AvgIpc) is 3.04. The van der Waals surface area contributed by atoms with E-state index in [1.54, 1.807) is 18.7 Å². The lowest BCUT2D eigenvalue weighted by Gasteiger charge is -2.08. The van der Waals surface area contributed by atoms with Crippen molar-refractivity contribution in [2.45, 2.75) is 22.8 Å². The summed E-state index contributed by atoms with van der Waals surface area (Å²) in [5, 5.41) is 5.25. The van der Waals surface area contributed by atoms with Crippen molar-refractivity contribution in [2.24, 2.45) is 5.73 Å². The lowest BCUT2D eigenvalue weighted by molar-refractivity contribution is -0.117. The Hall–Kier alpha value is -3.04. The molecule has 0 saturated carbocycles. The molecule has 1 heterocycles. The molecule has 1 atom stereocenters. The van der Waals surface area contributed by atoms with E-state index in [2.05, 4.69) is 25.3 Å². The predicted octanol–water partition coefficient (Wildman–Crippen LogP) is 3.18. The number of ether oxygens (including phenoxy) is 1. The molecule has 3 rings (SSSR count). The lowest BCUT2D eigenvalue weighted by atomic mass is 10.3. The molecule has 0 aliphatic heterocycles. The highest BCUT2D eigenvalue weighted by Crippen LogP contribution is 2.30. The molecule has 1 aromatic heterocycles. The molecule has 2 amide bonds. The van der Waals surface area contributed by atoms with Crippen molar-refractivity contribution in [3.8, 4) is 0 Å². The van der Waals surface area contributed by atoms with Crippen LogP contribution in [0.25, 0.3) is 11.0 Å². The Morgan fingerprint density at radius 1 is 1.15 bits per heavy atom. The van der Waals surface area contributed by atoms with E-state index in [4.69, 9.17) is 5.73 Å². The Morgan fingerprint density at radius 2 is 1.85 bits per heavy atom. The summed E-state index contributed by atoms with van der Waals surface area (Å²) in [7, 11) is 1.29. The molecule has 0 fully saturated rings. The first-order chi connectivity index (χ1) is 12.9. The zero-order chi connectivity index (χ0) is 19.4. The molecular weight excluding hydrogens is 366 g/mol. The number of amides is 2. The van der Waals surface area contributed by atoms with Crippen molar-refractivity contribution in [1.82, 2.24) is 9.97 Å². The van der Waals surface area contributed by atoms with Crippen LogP contribution >= 0.6 is 11.8 Å². The van der Waals surface area contributed by atoms with Crippen LogP contribution in [0.15, 0.2) is 52.3 Å². The van der Waals surface area contributed by atoms with Gasteiger partial charge in [-0.25, -0.2) is 9.78 Å². The minimum absolute atomic E-state index is 0.225. The second kappa shape index (κ2) is 8.11. The van der Waals surface area contributed by atoms with Crippen molar-refractivity contribution in [1.29, 1.82) is 0 Å². The van der Waals surface area contributed by atoms with Gasteiger partial charge in [0.2, 0.25) is 11.9 Å². The van der Waals surface area contributed by atoms with Crippen molar-refractivity contribution >= 4 is 46.4 Å². The predicted molar refractivity (Wildman–Crippen MR) is 105 cm³/mol. The van der Waals surface area contributed by atoms with Gasteiger partial charge in [0.1, 0.15) is 0 Å². The molecule has 8 nitrogen and oxygen atoms in total. The van der Waals surface area contributed by atoms with Gasteiger partial charge in [-0.2, -0.15) is 0 Å². The van der Waals surface area contributed by atoms with Crippen molar-refractivity contribution in [3.63, 3.8) is 0 Å². The van der Waals surface area contributed by atoms with Gasteiger partial charge >= 0.3 is 6.09 Å². The third-order valence-electron chi connectivity index (χ3n) is 3.63. The van der Waals surface area contributed by atoms with E-state index in [-0.39, 0.29) is 5.91 Å². The van der Waals surface area contributed by atoms with Crippen LogP contribution in [0, 0.1) is 0 Å². The second-order valence-corrected chi connectivity index (χ2v) is 6.93. The number of aromatic amines is 1. The van der Waals surface area contributed by atoms with Crippen LogP contribution in [0.1, 0.15) is 6.92 Å². The molecule has 9 heteroatoms. The van der Waals surface area contributed by atoms with Crippen LogP contribution in [0.5, 0.6) is 0 Å². The summed E-state index contributed by atoms with van der Waals surface area (Å²) in [6.07, 6.45) is -0.583. The maximum atomic E-state index is 11.6. The van der Waals surface area contributed by atoms with E-state index in [1.807, 2.05) is 42.5 Å². The molecule has 2 aromatic carbocycles. The quantitative estimate of drug-likeness (QED) is 0.535. The number of aromatic nitrogens is 2. The van der Waals surface area contributed by atoms with Gasteiger partial charge in [-0.05, 0) is 49.4 Å². The third-order valence-corrected chi connectivity index (χ3v) is 4.63. The zero-order valence-electron chi connectivity index (χ0n) is 14.8. The van der Waals surface area contributed by atoms with Crippen molar-refractivity contribution in [3.05, 3.63) is 42.5 Å². The summed E-state index contributed by atoms with van der Waals surface area (Å²) < 4.78 is 4.55. The highest BCUT2D eigenvalue weighted by molar-refractivity contribution is 7.99. The number of nitrogens with one attached hydrogen (secondary N) is 3. The van der Waals surface area contributed by atoms with Crippen LogP contribution in [0.3, 0.4) is 0 Å². The summed E-state index contributed by atoms with van der Waals surface area (Å²) in [5.74, 6) is 0.102. The number of rotatable bonds is 5. The van der Waals surface area contributed by atoms with Crippen LogP contribution in [-0.2, 0) is 9.53 Å². The van der Waals surface area contributed by atoms with Gasteiger partial charge in [-0.1, -0.05) is 11.8 Å². The number of imidazole rings is 1. The Bertz CT molecular complexity index is 969. The van der Waals surface area contributed by atoms with Crippen LogP contribution in [-0.4, -0.2) is 35.1 Å². The fourth-order valence-electron chi connectivity index (χ4n) is 2.26. The van der Waals surface area contributed by atoms with E-state index in [1.165, 1.54) is 7.11 Å². The topological polar surface area (TPSA) is 122 Å². The standard InChI is InChI=1S/C18H19N5O3S/c1-10(19)16(24)20-11-3-5-12(6-4-11)27-13-7-8-14-15(9-13)22-17(21-14)23-18(25)26-2/h3-10H,19H2,1-2H3,(H,20,24)(H2,21,22,23,25)/t10-/m0/s1. The van der Waals surface area contributed by atoms with Gasteiger partial charge in [-0.15, -0.1) is 0 Å². The SMILES string of the molecule is COC(=O)Nc1nc2ccc(Sc3ccc(NC(=O)[C@H](C)N)cc3)cc2[nH]1. The molecule has 140 valence electrons. The summed E-state index contributed by atoms with van der Waals surface area (Å²) in [6, 6.07) is 12.7. The average molecular weight is 385 g/mol. The van der Waals surface area contributed by atoms with Crippen LogP contribution in [0.2, 0.25) is 0 Å². The number of hydrogen-bond acceptors (Lipinski definition) is 6. The molecular formula is C18H19N5O3S. The van der Waals surface area contributed by atoms with E-state index < -0.39 is 12.1 Å². The summed E-state index contributed by atoms with van der Waals surface area (Å²) in [5.41, 5.74) is 7.78. The Labute approximate surface area is 159 Å². The molecule has 0 saturated heterocycles. The molecule has 0 unspecified atom stereocenters. The number of carbonyl (C=O) groups is 2. The van der Waals surface area contributed by atoms with Gasteiger partial charge in [0.15, 0.2) is 0 Å². The summed E-state index contributed by atoms with van der Waals surface area (Å²) in [6.45, 7) is 1.64. The van der Waals surface area contributed by atoms with Gasteiger partial charge in [-0.3, -0.25) is 10.1 Å². The van der Waals surface area contributed by atoms with Gasteiger partial charge in [0.05, 0.1) is 24.2 Å². The van der Waals surface area contributed by atoms with E-state index in [0.717, 1.165) is 20.8 Å². The fraction of sp³-hybridized carbons (Fsp3) is 0.167. The number of carbonyl (C=O) groups excluding carboxylic acids is 2. The van der Waals surface area contributed by atoms with Crippen LogP contribution < -0.4 is 16.4 Å². The number of fused-ring (bicyclic) bond motifs is 1. The molecule has 0 aliphatic carbocycles. The third kappa shape index (κ3) is 4.78. The van der Waals surface area contributed by atoms with Gasteiger partial charge in [0, 0.05) is 15.5 Å². The molecule has 3 aromatic rings. The number of nitrogens with two attached hydrogens (primary N) is 1. The van der Waals surface area contributed by atoms with E-state index >= 15 is 0 Å². The van der Waals surface area contributed by atoms with E-state index in [0.29, 0.717) is 11.6 Å². The van der Waals surface area contributed by atoms with Crippen LogP contribution in [0.4, 0.5) is 16.4 Å². The zero-order valence-corrected chi connectivity index (χ0v) is 15.6. The van der Waals surface area contributed by atoms with Gasteiger partial charge in [0.25, 0.3) is 0 Å². The lowest BCUT2D eigenvalue weighted by Crippen LogP contribution is -2.32. The second-order valence-electron chi connectivity index (χ2n) is 5.79.